The van der Waals surface area contributed by atoms with E-state index < -0.39 is 12.2 Å². The third-order valence-electron chi connectivity index (χ3n) is 5.87. The molecule has 29 heavy (non-hydrogen) atoms. The summed E-state index contributed by atoms with van der Waals surface area (Å²) >= 11 is 0. The molecule has 0 aromatic heterocycles. The molecule has 2 fully saturated rings. The van der Waals surface area contributed by atoms with Crippen molar-refractivity contribution < 1.29 is 9.59 Å². The van der Waals surface area contributed by atoms with Gasteiger partial charge in [0.25, 0.3) is 5.91 Å². The quantitative estimate of drug-likeness (QED) is 0.738. The third-order valence-corrected chi connectivity index (χ3v) is 5.87. The molecule has 2 atom stereocenters. The summed E-state index contributed by atoms with van der Waals surface area (Å²) < 4.78 is 0. The number of carbonyl (C=O) groups excluding carboxylic acids is 2. The Morgan fingerprint density at radius 3 is 2.59 bits per heavy atom. The van der Waals surface area contributed by atoms with Gasteiger partial charge in [0.2, 0.25) is 0 Å². The number of fused-ring (bicyclic) bond motifs is 1. The molecule has 8 nitrogen and oxygen atoms in total. The molecule has 8 heteroatoms. The van der Waals surface area contributed by atoms with Crippen LogP contribution in [0.3, 0.4) is 0 Å². The van der Waals surface area contributed by atoms with Crippen LogP contribution in [-0.2, 0) is 11.2 Å². The lowest BCUT2D eigenvalue weighted by atomic mass is 10.1. The molecule has 1 aromatic carbocycles. The van der Waals surface area contributed by atoms with Crippen molar-refractivity contribution in [3.8, 4) is 0 Å². The van der Waals surface area contributed by atoms with E-state index in [-0.39, 0.29) is 11.9 Å². The molecule has 0 bridgehead atoms. The maximum absolute atomic E-state index is 12.7. The maximum atomic E-state index is 12.7. The summed E-state index contributed by atoms with van der Waals surface area (Å²) in [7, 11) is 1.70. The first-order chi connectivity index (χ1) is 14.1. The number of piperazine rings is 1. The van der Waals surface area contributed by atoms with Gasteiger partial charge in [-0.15, -0.1) is 6.58 Å². The number of aliphatic imine (C=N–C) groups is 1. The highest BCUT2D eigenvalue weighted by molar-refractivity contribution is 6.03. The topological polar surface area (TPSA) is 71.5 Å². The zero-order chi connectivity index (χ0) is 20.4. The number of nitrogens with zero attached hydrogens (tertiary/aromatic N) is 5. The molecule has 0 spiro atoms. The second-order valence-electron chi connectivity index (χ2n) is 7.70. The maximum Gasteiger partial charge on any atom is 0.325 e. The lowest BCUT2D eigenvalue weighted by Gasteiger charge is -2.40. The molecule has 2 saturated heterocycles. The molecule has 1 aromatic rings. The van der Waals surface area contributed by atoms with Crippen molar-refractivity contribution in [1.29, 1.82) is 0 Å². The van der Waals surface area contributed by atoms with Crippen LogP contribution in [0.2, 0.25) is 0 Å². The molecule has 3 aliphatic heterocycles. The van der Waals surface area contributed by atoms with Gasteiger partial charge in [0.1, 0.15) is 0 Å². The smallest absolute Gasteiger partial charge is 0.325 e. The van der Waals surface area contributed by atoms with Crippen LogP contribution >= 0.6 is 0 Å². The molecule has 1 N–H and O–H groups in total. The Labute approximate surface area is 171 Å². The average molecular weight is 396 g/mol. The summed E-state index contributed by atoms with van der Waals surface area (Å²) in [5, 5.41) is 2.47. The zero-order valence-electron chi connectivity index (χ0n) is 16.8. The van der Waals surface area contributed by atoms with Crippen molar-refractivity contribution in [2.75, 3.05) is 46.3 Å². The molecule has 4 rings (SSSR count). The lowest BCUT2D eigenvalue weighted by Crippen LogP contribution is -2.64. The molecular formula is C21H28N6O2. The van der Waals surface area contributed by atoms with Gasteiger partial charge in [-0.05, 0) is 12.0 Å². The molecule has 2 unspecified atom stereocenters. The van der Waals surface area contributed by atoms with Gasteiger partial charge in [-0.3, -0.25) is 15.0 Å². The second-order valence-corrected chi connectivity index (χ2v) is 7.70. The summed E-state index contributed by atoms with van der Waals surface area (Å²) in [6, 6.07) is 9.36. The second kappa shape index (κ2) is 8.24. The van der Waals surface area contributed by atoms with Gasteiger partial charge in [-0.1, -0.05) is 36.4 Å². The molecule has 0 radical (unpaired) electrons. The number of urea groups is 1. The first-order valence-corrected chi connectivity index (χ1v) is 10.1. The summed E-state index contributed by atoms with van der Waals surface area (Å²) in [6.45, 7) is 8.90. The van der Waals surface area contributed by atoms with E-state index in [0.29, 0.717) is 6.54 Å². The van der Waals surface area contributed by atoms with Crippen molar-refractivity contribution >= 4 is 17.9 Å². The van der Waals surface area contributed by atoms with E-state index in [1.54, 1.807) is 7.05 Å². The van der Waals surface area contributed by atoms with Gasteiger partial charge in [-0.25, -0.2) is 9.79 Å². The van der Waals surface area contributed by atoms with Crippen molar-refractivity contribution in [2.24, 2.45) is 4.99 Å². The summed E-state index contributed by atoms with van der Waals surface area (Å²) in [5.41, 5.74) is 1.21. The van der Waals surface area contributed by atoms with Crippen molar-refractivity contribution in [1.82, 2.24) is 24.9 Å². The zero-order valence-corrected chi connectivity index (χ0v) is 16.8. The number of benzene rings is 1. The number of imide groups is 1. The molecule has 3 heterocycles. The highest BCUT2D eigenvalue weighted by atomic mass is 16.2. The fourth-order valence-electron chi connectivity index (χ4n) is 4.22. The van der Waals surface area contributed by atoms with Crippen LogP contribution in [0.15, 0.2) is 48.0 Å². The number of nitrogens with one attached hydrogen (secondary N) is 1. The molecule has 0 aliphatic carbocycles. The molecule has 154 valence electrons. The van der Waals surface area contributed by atoms with Crippen molar-refractivity contribution in [2.45, 2.75) is 18.6 Å². The number of carbonyl (C=O) groups is 2. The minimum absolute atomic E-state index is 0.268. The Bertz CT molecular complexity index is 803. The number of rotatable bonds is 5. The van der Waals surface area contributed by atoms with Gasteiger partial charge in [0, 0.05) is 46.3 Å². The van der Waals surface area contributed by atoms with E-state index in [4.69, 9.17) is 4.99 Å². The Morgan fingerprint density at radius 2 is 1.90 bits per heavy atom. The number of likely N-dealkylation sites (N-methyl/N-ethyl adjacent to an activating group) is 1. The van der Waals surface area contributed by atoms with Crippen LogP contribution in [0, 0.1) is 0 Å². The van der Waals surface area contributed by atoms with Crippen LogP contribution in [0.4, 0.5) is 4.79 Å². The first-order valence-electron chi connectivity index (χ1n) is 10.1. The van der Waals surface area contributed by atoms with Crippen LogP contribution in [0.5, 0.6) is 0 Å². The molecule has 3 aliphatic rings. The minimum Gasteiger partial charge on any atom is -0.340 e. The van der Waals surface area contributed by atoms with Crippen LogP contribution in [-0.4, -0.2) is 96.0 Å². The predicted molar refractivity (Wildman–Crippen MR) is 111 cm³/mol. The van der Waals surface area contributed by atoms with Gasteiger partial charge in [0.05, 0.1) is 0 Å². The van der Waals surface area contributed by atoms with Gasteiger partial charge >= 0.3 is 6.03 Å². The summed E-state index contributed by atoms with van der Waals surface area (Å²) in [6.07, 6.45) is 2.26. The fraction of sp³-hybridized carbons (Fsp3) is 0.476. The van der Waals surface area contributed by atoms with Crippen LogP contribution in [0.1, 0.15) is 5.56 Å². The van der Waals surface area contributed by atoms with Crippen LogP contribution < -0.4 is 5.32 Å². The van der Waals surface area contributed by atoms with Gasteiger partial charge in [0.15, 0.2) is 18.2 Å². The molecule has 3 amide bonds. The van der Waals surface area contributed by atoms with Crippen molar-refractivity contribution in [3.63, 3.8) is 0 Å². The third kappa shape index (κ3) is 3.85. The van der Waals surface area contributed by atoms with E-state index in [1.807, 2.05) is 24.3 Å². The Balaban J connectivity index is 1.55. The standard InChI is InChI=1S/C21H28N6O2/c1-3-10-25-12-14-26(15-13-25)20-22-18-17(19(28)23-21(29)24(18)2)27(20)11-9-16-7-5-4-6-8-16/h3-8,17-18H,1,9-15H2,2H3,(H,23,28,29). The highest BCUT2D eigenvalue weighted by Crippen LogP contribution is 2.26. The van der Waals surface area contributed by atoms with Gasteiger partial charge in [-0.2, -0.15) is 0 Å². The number of amides is 3. The summed E-state index contributed by atoms with van der Waals surface area (Å²) in [5.74, 6) is 0.557. The Hall–Kier alpha value is -2.87. The van der Waals surface area contributed by atoms with E-state index in [0.717, 1.165) is 45.1 Å². The predicted octanol–water partition coefficient (Wildman–Crippen LogP) is 0.581. The fourth-order valence-corrected chi connectivity index (χ4v) is 4.22. The average Bonchev–Trinajstić information content (AvgIpc) is 3.12. The largest absolute Gasteiger partial charge is 0.340 e. The lowest BCUT2D eigenvalue weighted by molar-refractivity contribution is -0.127. The Kier molecular flexibility index (Phi) is 5.53. The minimum atomic E-state index is -0.484. The van der Waals surface area contributed by atoms with Crippen LogP contribution in [0.25, 0.3) is 0 Å². The summed E-state index contributed by atoms with van der Waals surface area (Å²) in [4.78, 5) is 37.9. The Morgan fingerprint density at radius 1 is 1.17 bits per heavy atom. The monoisotopic (exact) mass is 396 g/mol. The first kappa shape index (κ1) is 19.4. The SMILES string of the molecule is C=CCN1CCN(C2=NC3C(C(=O)NC(=O)N3C)N2CCc2ccccc2)CC1. The van der Waals surface area contributed by atoms with Gasteiger partial charge < -0.3 is 14.7 Å². The number of hydrogen-bond donors (Lipinski definition) is 1. The normalized spacial score (nSPS) is 25.0. The van der Waals surface area contributed by atoms with Crippen molar-refractivity contribution in [3.05, 3.63) is 48.6 Å². The van der Waals surface area contributed by atoms with E-state index in [2.05, 4.69) is 38.7 Å². The number of hydrogen-bond acceptors (Lipinski definition) is 6. The highest BCUT2D eigenvalue weighted by Gasteiger charge is 2.49. The van der Waals surface area contributed by atoms with E-state index in [9.17, 15) is 9.59 Å². The van der Waals surface area contributed by atoms with E-state index >= 15 is 0 Å². The number of guanidine groups is 1. The molecular weight excluding hydrogens is 368 g/mol. The van der Waals surface area contributed by atoms with E-state index in [1.165, 1.54) is 10.5 Å². The molecule has 0 saturated carbocycles.